The van der Waals surface area contributed by atoms with Gasteiger partial charge in [0.25, 0.3) is 10.0 Å². The van der Waals surface area contributed by atoms with Gasteiger partial charge in [-0.15, -0.1) is 22.9 Å². The number of alkyl halides is 1. The van der Waals surface area contributed by atoms with Gasteiger partial charge >= 0.3 is 0 Å². The Morgan fingerprint density at radius 2 is 2.25 bits per heavy atom. The molecule has 2 fully saturated rings. The highest BCUT2D eigenvalue weighted by atomic mass is 35.5. The van der Waals surface area contributed by atoms with Crippen LogP contribution in [0.1, 0.15) is 24.1 Å². The molecule has 112 valence electrons. The van der Waals surface area contributed by atoms with Gasteiger partial charge in [0.15, 0.2) is 0 Å². The number of halogens is 1. The fourth-order valence-corrected chi connectivity index (χ4v) is 6.49. The lowest BCUT2D eigenvalue weighted by Gasteiger charge is -2.36. The molecule has 3 rings (SSSR count). The molecule has 0 N–H and O–H groups in total. The number of nitrogens with zero attached hydrogens (tertiary/aromatic N) is 1. The maximum Gasteiger partial charge on any atom is 0.252 e. The number of morpholine rings is 1. The number of aryl methyl sites for hydroxylation is 1. The monoisotopic (exact) mass is 335 g/mol. The summed E-state index contributed by atoms with van der Waals surface area (Å²) in [6.07, 6.45) is 3.73. The Hall–Kier alpha value is -0.140. The van der Waals surface area contributed by atoms with Crippen LogP contribution in [0.15, 0.2) is 16.3 Å². The fourth-order valence-electron chi connectivity index (χ4n) is 3.03. The van der Waals surface area contributed by atoms with Crippen molar-refractivity contribution in [3.63, 3.8) is 0 Å². The first kappa shape index (κ1) is 14.8. The smallest absolute Gasteiger partial charge is 0.252 e. The summed E-state index contributed by atoms with van der Waals surface area (Å²) in [6, 6.07) is 3.60. The van der Waals surface area contributed by atoms with E-state index in [0.717, 1.165) is 30.6 Å². The van der Waals surface area contributed by atoms with Crippen LogP contribution in [0.4, 0.5) is 0 Å². The number of sulfonamides is 1. The molecule has 20 heavy (non-hydrogen) atoms. The highest BCUT2D eigenvalue weighted by molar-refractivity contribution is 7.91. The Morgan fingerprint density at radius 1 is 1.40 bits per heavy atom. The zero-order valence-electron chi connectivity index (χ0n) is 11.1. The Morgan fingerprint density at radius 3 is 3.05 bits per heavy atom. The van der Waals surface area contributed by atoms with Crippen molar-refractivity contribution in [3.8, 4) is 0 Å². The second kappa shape index (κ2) is 5.93. The zero-order chi connectivity index (χ0) is 14.2. The highest BCUT2D eigenvalue weighted by Crippen LogP contribution is 2.35. The first-order chi connectivity index (χ1) is 9.63. The van der Waals surface area contributed by atoms with Crippen LogP contribution in [0.3, 0.4) is 0 Å². The molecule has 0 spiro atoms. The van der Waals surface area contributed by atoms with E-state index < -0.39 is 10.0 Å². The van der Waals surface area contributed by atoms with E-state index in [4.69, 9.17) is 16.3 Å². The molecule has 1 saturated heterocycles. The molecule has 0 amide bonds. The van der Waals surface area contributed by atoms with Gasteiger partial charge in [0.2, 0.25) is 0 Å². The summed E-state index contributed by atoms with van der Waals surface area (Å²) >= 11 is 7.05. The lowest BCUT2D eigenvalue weighted by atomic mass is 10.2. The lowest BCUT2D eigenvalue weighted by molar-refractivity contribution is -0.0241. The van der Waals surface area contributed by atoms with Crippen molar-refractivity contribution in [1.29, 1.82) is 0 Å². The molecule has 1 aliphatic carbocycles. The molecule has 2 unspecified atom stereocenters. The summed E-state index contributed by atoms with van der Waals surface area (Å²) in [5.74, 6) is 0.516. The predicted octanol–water partition coefficient (Wildman–Crippen LogP) is 2.47. The van der Waals surface area contributed by atoms with Gasteiger partial charge in [-0.2, -0.15) is 4.31 Å². The first-order valence-corrected chi connectivity index (χ1v) is 9.70. The SMILES string of the molecule is O=S(=O)(c1ccc(CCCl)s1)N1CCOC2CCCC21. The van der Waals surface area contributed by atoms with E-state index in [9.17, 15) is 8.42 Å². The zero-order valence-corrected chi connectivity index (χ0v) is 13.5. The van der Waals surface area contributed by atoms with Gasteiger partial charge in [0, 0.05) is 17.3 Å². The minimum absolute atomic E-state index is 0.0207. The van der Waals surface area contributed by atoms with Crippen LogP contribution < -0.4 is 0 Å². The van der Waals surface area contributed by atoms with E-state index in [0.29, 0.717) is 23.2 Å². The number of thiophene rings is 1. The minimum atomic E-state index is -3.38. The van der Waals surface area contributed by atoms with E-state index in [1.807, 2.05) is 6.07 Å². The molecule has 2 aliphatic rings. The molecule has 1 saturated carbocycles. The molecule has 1 aliphatic heterocycles. The van der Waals surface area contributed by atoms with Crippen molar-refractivity contribution < 1.29 is 13.2 Å². The Kier molecular flexibility index (Phi) is 4.38. The van der Waals surface area contributed by atoms with Crippen LogP contribution in [0.2, 0.25) is 0 Å². The maximum absolute atomic E-state index is 12.8. The molecule has 0 radical (unpaired) electrons. The maximum atomic E-state index is 12.8. The van der Waals surface area contributed by atoms with Crippen LogP contribution >= 0.6 is 22.9 Å². The standard InChI is InChI=1S/C13H18ClNO3S2/c14-7-6-10-4-5-13(19-10)20(16,17)15-8-9-18-12-3-1-2-11(12)15/h4-5,11-12H,1-3,6-9H2. The van der Waals surface area contributed by atoms with E-state index in [2.05, 4.69) is 0 Å². The molecule has 2 heterocycles. The summed E-state index contributed by atoms with van der Waals surface area (Å²) in [7, 11) is -3.38. The third-order valence-electron chi connectivity index (χ3n) is 3.97. The quantitative estimate of drug-likeness (QED) is 0.794. The van der Waals surface area contributed by atoms with Gasteiger partial charge in [-0.3, -0.25) is 0 Å². The average molecular weight is 336 g/mol. The summed E-state index contributed by atoms with van der Waals surface area (Å²) in [6.45, 7) is 0.965. The van der Waals surface area contributed by atoms with Crippen LogP contribution in [0.25, 0.3) is 0 Å². The van der Waals surface area contributed by atoms with Crippen LogP contribution in [-0.2, 0) is 21.2 Å². The van der Waals surface area contributed by atoms with Gasteiger partial charge in [0.05, 0.1) is 18.8 Å². The second-order valence-electron chi connectivity index (χ2n) is 5.18. The van der Waals surface area contributed by atoms with Crippen LogP contribution in [0, 0.1) is 0 Å². The number of fused-ring (bicyclic) bond motifs is 1. The summed E-state index contributed by atoms with van der Waals surface area (Å²) in [5.41, 5.74) is 0. The van der Waals surface area contributed by atoms with Gasteiger partial charge in [-0.05, 0) is 37.8 Å². The molecule has 1 aromatic heterocycles. The molecule has 4 nitrogen and oxygen atoms in total. The number of ether oxygens (including phenoxy) is 1. The largest absolute Gasteiger partial charge is 0.375 e. The highest BCUT2D eigenvalue weighted by Gasteiger charge is 2.42. The van der Waals surface area contributed by atoms with E-state index in [1.54, 1.807) is 10.4 Å². The molecule has 0 bridgehead atoms. The fraction of sp³-hybridized carbons (Fsp3) is 0.692. The molecular weight excluding hydrogens is 318 g/mol. The number of hydrogen-bond donors (Lipinski definition) is 0. The second-order valence-corrected chi connectivity index (χ2v) is 8.85. The van der Waals surface area contributed by atoms with Gasteiger partial charge in [0.1, 0.15) is 4.21 Å². The number of rotatable bonds is 4. The predicted molar refractivity (Wildman–Crippen MR) is 80.0 cm³/mol. The van der Waals surface area contributed by atoms with Crippen molar-refractivity contribution in [1.82, 2.24) is 4.31 Å². The summed E-state index contributed by atoms with van der Waals surface area (Å²) in [5, 5.41) is 0. The van der Waals surface area contributed by atoms with E-state index in [1.165, 1.54) is 11.3 Å². The molecule has 1 aromatic rings. The van der Waals surface area contributed by atoms with Crippen molar-refractivity contribution in [2.24, 2.45) is 0 Å². The van der Waals surface area contributed by atoms with E-state index in [-0.39, 0.29) is 12.1 Å². The normalized spacial score (nSPS) is 27.6. The summed E-state index contributed by atoms with van der Waals surface area (Å²) in [4.78, 5) is 1.02. The summed E-state index contributed by atoms with van der Waals surface area (Å²) < 4.78 is 33.4. The molecule has 7 heteroatoms. The lowest BCUT2D eigenvalue weighted by Crippen LogP contribution is -2.50. The molecular formula is C13H18ClNO3S2. The third kappa shape index (κ3) is 2.64. The molecule has 2 atom stereocenters. The van der Waals surface area contributed by atoms with Gasteiger partial charge in [-0.25, -0.2) is 8.42 Å². The minimum Gasteiger partial charge on any atom is -0.375 e. The Balaban J connectivity index is 1.86. The average Bonchev–Trinajstić information content (AvgIpc) is 3.06. The third-order valence-corrected chi connectivity index (χ3v) is 7.70. The Labute approximate surface area is 128 Å². The van der Waals surface area contributed by atoms with Crippen LogP contribution in [-0.4, -0.2) is 43.9 Å². The van der Waals surface area contributed by atoms with Crippen molar-refractivity contribution in [2.45, 2.75) is 42.0 Å². The van der Waals surface area contributed by atoms with Crippen molar-refractivity contribution in [2.75, 3.05) is 19.0 Å². The Bertz CT molecular complexity index is 572. The topological polar surface area (TPSA) is 46.6 Å². The van der Waals surface area contributed by atoms with Crippen LogP contribution in [0.5, 0.6) is 0 Å². The van der Waals surface area contributed by atoms with Gasteiger partial charge < -0.3 is 4.74 Å². The first-order valence-electron chi connectivity index (χ1n) is 6.91. The number of hydrogen-bond acceptors (Lipinski definition) is 4. The van der Waals surface area contributed by atoms with Crippen molar-refractivity contribution in [3.05, 3.63) is 17.0 Å². The molecule has 0 aromatic carbocycles. The van der Waals surface area contributed by atoms with E-state index >= 15 is 0 Å². The van der Waals surface area contributed by atoms with Crippen molar-refractivity contribution >= 4 is 33.0 Å². The van der Waals surface area contributed by atoms with Gasteiger partial charge in [-0.1, -0.05) is 0 Å².